The monoisotopic (exact) mass is 381 g/mol. The molecule has 1 aromatic rings. The van der Waals surface area contributed by atoms with Crippen LogP contribution in [0.25, 0.3) is 0 Å². The number of fused-ring (bicyclic) bond motifs is 1. The lowest BCUT2D eigenvalue weighted by atomic mass is 10.0. The molecule has 0 aliphatic carbocycles. The predicted molar refractivity (Wildman–Crippen MR) is 90.7 cm³/mol. The van der Waals surface area contributed by atoms with Gasteiger partial charge in [0.25, 0.3) is 0 Å². The molecule has 0 aromatic heterocycles. The molecule has 148 valence electrons. The number of nitrogens with one attached hydrogen (secondary N) is 1. The van der Waals surface area contributed by atoms with E-state index >= 15 is 0 Å². The molecular weight excluding hydrogens is 358 g/mol. The van der Waals surface area contributed by atoms with E-state index in [-0.39, 0.29) is 6.61 Å². The number of carboxylic acid groups (broad SMARTS) is 1. The van der Waals surface area contributed by atoms with Crippen molar-refractivity contribution < 1.29 is 38.4 Å². The highest BCUT2D eigenvalue weighted by Crippen LogP contribution is 2.40. The van der Waals surface area contributed by atoms with Gasteiger partial charge in [-0.25, -0.2) is 9.59 Å². The maximum absolute atomic E-state index is 12.1. The van der Waals surface area contributed by atoms with Gasteiger partial charge in [-0.3, -0.25) is 0 Å². The Hall–Kier alpha value is -2.20. The van der Waals surface area contributed by atoms with Crippen LogP contribution in [0.5, 0.6) is 0 Å². The predicted octanol–water partition coefficient (Wildman–Crippen LogP) is 1.26. The van der Waals surface area contributed by atoms with Gasteiger partial charge in [0.2, 0.25) is 0 Å². The first-order chi connectivity index (χ1) is 12.8. The zero-order valence-electron chi connectivity index (χ0n) is 15.3. The number of alkyl carbamates (subject to hydrolysis) is 1. The summed E-state index contributed by atoms with van der Waals surface area (Å²) in [4.78, 5) is 23.9. The van der Waals surface area contributed by atoms with Gasteiger partial charge in [-0.05, 0) is 19.4 Å². The van der Waals surface area contributed by atoms with Gasteiger partial charge in [0.1, 0.15) is 24.9 Å². The summed E-state index contributed by atoms with van der Waals surface area (Å²) in [6.45, 7) is 3.45. The highest BCUT2D eigenvalue weighted by Gasteiger charge is 2.59. The molecule has 2 aliphatic rings. The van der Waals surface area contributed by atoms with E-state index in [0.717, 1.165) is 5.56 Å². The van der Waals surface area contributed by atoms with E-state index < -0.39 is 48.5 Å². The van der Waals surface area contributed by atoms with Crippen molar-refractivity contribution in [1.29, 1.82) is 0 Å². The van der Waals surface area contributed by atoms with E-state index in [0.29, 0.717) is 0 Å². The fourth-order valence-electron chi connectivity index (χ4n) is 3.23. The molecule has 1 aromatic carbocycles. The average molecular weight is 381 g/mol. The molecular formula is C18H23NO8. The van der Waals surface area contributed by atoms with Crippen molar-refractivity contribution in [1.82, 2.24) is 5.32 Å². The Morgan fingerprint density at radius 3 is 2.52 bits per heavy atom. The minimum Gasteiger partial charge on any atom is -0.480 e. The van der Waals surface area contributed by atoms with Crippen LogP contribution in [0.4, 0.5) is 4.79 Å². The van der Waals surface area contributed by atoms with Crippen molar-refractivity contribution in [2.24, 2.45) is 0 Å². The van der Waals surface area contributed by atoms with Crippen LogP contribution in [0.1, 0.15) is 19.4 Å². The fraction of sp³-hybridized carbons (Fsp3) is 0.556. The number of hydrogen-bond acceptors (Lipinski definition) is 7. The molecule has 2 N–H and O–H groups in total. The number of benzene rings is 1. The lowest BCUT2D eigenvalue weighted by molar-refractivity contribution is -0.230. The molecule has 2 heterocycles. The number of methoxy groups -OCH3 is 1. The Balaban J connectivity index is 1.66. The van der Waals surface area contributed by atoms with E-state index in [2.05, 4.69) is 5.32 Å². The number of ether oxygens (including phenoxy) is 5. The zero-order chi connectivity index (χ0) is 19.6. The minimum atomic E-state index is -1.39. The molecule has 0 spiro atoms. The molecule has 0 unspecified atom stereocenters. The molecule has 2 aliphatic heterocycles. The molecule has 9 heteroatoms. The van der Waals surface area contributed by atoms with Gasteiger partial charge in [0, 0.05) is 7.11 Å². The van der Waals surface area contributed by atoms with Gasteiger partial charge in [-0.1, -0.05) is 30.3 Å². The van der Waals surface area contributed by atoms with E-state index in [9.17, 15) is 14.7 Å². The van der Waals surface area contributed by atoms with Crippen LogP contribution in [0.2, 0.25) is 0 Å². The van der Waals surface area contributed by atoms with Gasteiger partial charge in [0.15, 0.2) is 18.1 Å². The lowest BCUT2D eigenvalue weighted by Crippen LogP contribution is -2.53. The standard InChI is InChI=1S/C18H23NO8/c1-18(2)26-13-12(25-16(23-3)14(13)27-18)11(15(20)21)19-17(22)24-9-10-7-5-4-6-8-10/h4-8,11-14,16H,9H2,1-3H3,(H,19,22)(H,20,21)/t11-,12-,13-,14-,16-/m1/s1. The van der Waals surface area contributed by atoms with Crippen LogP contribution in [0.3, 0.4) is 0 Å². The van der Waals surface area contributed by atoms with Gasteiger partial charge in [-0.2, -0.15) is 0 Å². The van der Waals surface area contributed by atoms with Crippen molar-refractivity contribution in [3.8, 4) is 0 Å². The number of rotatable bonds is 6. The molecule has 27 heavy (non-hydrogen) atoms. The minimum absolute atomic E-state index is 0.0178. The Kier molecular flexibility index (Phi) is 5.66. The molecule has 9 nitrogen and oxygen atoms in total. The van der Waals surface area contributed by atoms with Crippen LogP contribution in [-0.4, -0.2) is 60.7 Å². The van der Waals surface area contributed by atoms with E-state index in [1.165, 1.54) is 7.11 Å². The summed E-state index contributed by atoms with van der Waals surface area (Å²) in [5.41, 5.74) is 0.783. The second-order valence-corrected chi connectivity index (χ2v) is 6.79. The summed E-state index contributed by atoms with van der Waals surface area (Å²) >= 11 is 0. The van der Waals surface area contributed by atoms with Crippen LogP contribution >= 0.6 is 0 Å². The summed E-state index contributed by atoms with van der Waals surface area (Å²) < 4.78 is 27.5. The summed E-state index contributed by atoms with van der Waals surface area (Å²) in [5, 5.41) is 11.9. The molecule has 0 bridgehead atoms. The Labute approximate surface area is 156 Å². The third kappa shape index (κ3) is 4.38. The molecule has 0 saturated carbocycles. The SMILES string of the molecule is CO[C@@H]1O[C@H]([C@@H](NC(=O)OCc2ccccc2)C(=O)O)[C@H]2OC(C)(C)O[C@@H]12. The van der Waals surface area contributed by atoms with Crippen molar-refractivity contribution in [3.63, 3.8) is 0 Å². The molecule has 1 amide bonds. The average Bonchev–Trinajstić information content (AvgIpc) is 3.11. The smallest absolute Gasteiger partial charge is 0.408 e. The van der Waals surface area contributed by atoms with Crippen molar-refractivity contribution in [3.05, 3.63) is 35.9 Å². The van der Waals surface area contributed by atoms with E-state index in [4.69, 9.17) is 23.7 Å². The second kappa shape index (κ2) is 7.81. The van der Waals surface area contributed by atoms with E-state index in [1.54, 1.807) is 26.0 Å². The van der Waals surface area contributed by atoms with Crippen LogP contribution < -0.4 is 5.32 Å². The summed E-state index contributed by atoms with van der Waals surface area (Å²) in [6, 6.07) is 7.66. The maximum Gasteiger partial charge on any atom is 0.408 e. The molecule has 5 atom stereocenters. The summed E-state index contributed by atoms with van der Waals surface area (Å²) in [5.74, 6) is -2.19. The normalized spacial score (nSPS) is 29.7. The Morgan fingerprint density at radius 2 is 1.89 bits per heavy atom. The summed E-state index contributed by atoms with van der Waals surface area (Å²) in [7, 11) is 1.43. The van der Waals surface area contributed by atoms with Crippen molar-refractivity contribution >= 4 is 12.1 Å². The van der Waals surface area contributed by atoms with Crippen molar-refractivity contribution in [2.75, 3.05) is 7.11 Å². The van der Waals surface area contributed by atoms with Gasteiger partial charge < -0.3 is 34.1 Å². The number of carbonyl (C=O) groups is 2. The van der Waals surface area contributed by atoms with Crippen LogP contribution in [-0.2, 0) is 35.1 Å². The largest absolute Gasteiger partial charge is 0.480 e. The fourth-order valence-corrected chi connectivity index (χ4v) is 3.23. The lowest BCUT2D eigenvalue weighted by Gasteiger charge is -2.26. The first kappa shape index (κ1) is 19.6. The quantitative estimate of drug-likeness (QED) is 0.757. The summed E-state index contributed by atoms with van der Waals surface area (Å²) in [6.07, 6.45) is -3.97. The van der Waals surface area contributed by atoms with Gasteiger partial charge in [0.05, 0.1) is 0 Å². The van der Waals surface area contributed by atoms with Crippen molar-refractivity contribution in [2.45, 2.75) is 56.9 Å². The number of hydrogen-bond donors (Lipinski definition) is 2. The third-order valence-corrected chi connectivity index (χ3v) is 4.36. The molecule has 3 rings (SSSR count). The zero-order valence-corrected chi connectivity index (χ0v) is 15.3. The number of aliphatic carboxylic acids is 1. The van der Waals surface area contributed by atoms with Crippen LogP contribution in [0, 0.1) is 0 Å². The number of amides is 1. The van der Waals surface area contributed by atoms with Gasteiger partial charge in [-0.15, -0.1) is 0 Å². The second-order valence-electron chi connectivity index (χ2n) is 6.79. The van der Waals surface area contributed by atoms with Gasteiger partial charge >= 0.3 is 12.1 Å². The third-order valence-electron chi connectivity index (χ3n) is 4.36. The highest BCUT2D eigenvalue weighted by atomic mass is 16.8. The molecule has 2 fully saturated rings. The maximum atomic E-state index is 12.1. The Morgan fingerprint density at radius 1 is 1.22 bits per heavy atom. The number of carboxylic acids is 1. The van der Waals surface area contributed by atoms with Crippen LogP contribution in [0.15, 0.2) is 30.3 Å². The topological polar surface area (TPSA) is 113 Å². The number of carbonyl (C=O) groups excluding carboxylic acids is 1. The molecule has 0 radical (unpaired) electrons. The van der Waals surface area contributed by atoms with E-state index in [1.807, 2.05) is 18.2 Å². The highest BCUT2D eigenvalue weighted by molar-refractivity contribution is 5.80. The Bertz CT molecular complexity index is 679. The first-order valence-corrected chi connectivity index (χ1v) is 8.54. The molecule has 2 saturated heterocycles. The first-order valence-electron chi connectivity index (χ1n) is 8.54.